The van der Waals surface area contributed by atoms with Crippen LogP contribution < -0.4 is 4.74 Å². The Labute approximate surface area is 148 Å². The fourth-order valence-electron chi connectivity index (χ4n) is 2.50. The summed E-state index contributed by atoms with van der Waals surface area (Å²) in [5, 5.41) is 0.735. The molecule has 0 amide bonds. The first-order valence-electron chi connectivity index (χ1n) is 8.22. The summed E-state index contributed by atoms with van der Waals surface area (Å²) in [6.07, 6.45) is 0. The summed E-state index contributed by atoms with van der Waals surface area (Å²) in [6.45, 7) is 11.3. The van der Waals surface area contributed by atoms with Crippen LogP contribution in [0.15, 0.2) is 29.4 Å². The van der Waals surface area contributed by atoms with Crippen LogP contribution >= 0.6 is 11.8 Å². The molecule has 1 atom stereocenters. The number of carbonyl (C=O) groups excluding carboxylic acids is 1. The van der Waals surface area contributed by atoms with Gasteiger partial charge >= 0.3 is 0 Å². The summed E-state index contributed by atoms with van der Waals surface area (Å²) < 4.78 is 7.37. The maximum atomic E-state index is 12.7. The van der Waals surface area contributed by atoms with Gasteiger partial charge in [0, 0.05) is 17.8 Å². The molecule has 0 aliphatic carbocycles. The summed E-state index contributed by atoms with van der Waals surface area (Å²) in [5.41, 5.74) is 2.91. The molecule has 0 spiro atoms. The summed E-state index contributed by atoms with van der Waals surface area (Å²) in [5.74, 6) is 1.40. The molecule has 5 heteroatoms. The lowest BCUT2D eigenvalue weighted by Gasteiger charge is -2.15. The van der Waals surface area contributed by atoms with Gasteiger partial charge in [-0.3, -0.25) is 4.79 Å². The predicted octanol–water partition coefficient (Wildman–Crippen LogP) is 4.53. The summed E-state index contributed by atoms with van der Waals surface area (Å²) in [4.78, 5) is 17.3. The van der Waals surface area contributed by atoms with Crippen molar-refractivity contribution in [3.8, 4) is 5.75 Å². The van der Waals surface area contributed by atoms with Crippen molar-refractivity contribution in [1.29, 1.82) is 0 Å². The molecule has 0 N–H and O–H groups in total. The van der Waals surface area contributed by atoms with Gasteiger partial charge < -0.3 is 9.30 Å². The van der Waals surface area contributed by atoms with Crippen LogP contribution in [0.4, 0.5) is 0 Å². The Morgan fingerprint density at radius 2 is 1.83 bits per heavy atom. The molecule has 24 heavy (non-hydrogen) atoms. The van der Waals surface area contributed by atoms with E-state index in [1.54, 1.807) is 7.11 Å². The summed E-state index contributed by atoms with van der Waals surface area (Å²) in [7, 11) is 1.62. The lowest BCUT2D eigenvalue weighted by molar-refractivity contribution is 0.0994. The van der Waals surface area contributed by atoms with Crippen LogP contribution in [0.5, 0.6) is 5.75 Å². The minimum atomic E-state index is -0.189. The molecule has 1 aromatic carbocycles. The minimum Gasteiger partial charge on any atom is -0.497 e. The van der Waals surface area contributed by atoms with Crippen LogP contribution in [-0.4, -0.2) is 27.7 Å². The van der Waals surface area contributed by atoms with E-state index in [1.165, 1.54) is 17.5 Å². The topological polar surface area (TPSA) is 44.1 Å². The van der Waals surface area contributed by atoms with Crippen LogP contribution in [0.25, 0.3) is 0 Å². The highest BCUT2D eigenvalue weighted by Crippen LogP contribution is 2.28. The van der Waals surface area contributed by atoms with Crippen molar-refractivity contribution in [1.82, 2.24) is 9.55 Å². The number of imidazole rings is 1. The molecule has 0 saturated carbocycles. The van der Waals surface area contributed by atoms with E-state index in [4.69, 9.17) is 4.74 Å². The Morgan fingerprint density at radius 1 is 1.21 bits per heavy atom. The molecule has 0 radical (unpaired) electrons. The van der Waals surface area contributed by atoms with Gasteiger partial charge in [0.05, 0.1) is 18.1 Å². The van der Waals surface area contributed by atoms with Gasteiger partial charge in [-0.05, 0) is 51.0 Å². The average Bonchev–Trinajstić information content (AvgIpc) is 2.81. The number of aryl methyl sites for hydroxylation is 1. The second kappa shape index (κ2) is 7.88. The van der Waals surface area contributed by atoms with Crippen molar-refractivity contribution < 1.29 is 9.53 Å². The van der Waals surface area contributed by atoms with Crippen molar-refractivity contribution in [3.63, 3.8) is 0 Å². The second-order valence-corrected chi connectivity index (χ2v) is 7.73. The van der Waals surface area contributed by atoms with Gasteiger partial charge in [-0.25, -0.2) is 4.98 Å². The zero-order chi connectivity index (χ0) is 17.9. The number of benzene rings is 1. The second-order valence-electron chi connectivity index (χ2n) is 6.42. The third-order valence-electron chi connectivity index (χ3n) is 4.00. The third-order valence-corrected chi connectivity index (χ3v) is 5.09. The maximum Gasteiger partial charge on any atom is 0.175 e. The van der Waals surface area contributed by atoms with Gasteiger partial charge in [0.1, 0.15) is 5.75 Å². The Morgan fingerprint density at radius 3 is 2.38 bits per heavy atom. The zero-order valence-electron chi connectivity index (χ0n) is 15.3. The van der Waals surface area contributed by atoms with Crippen LogP contribution in [0.3, 0.4) is 0 Å². The van der Waals surface area contributed by atoms with Crippen molar-refractivity contribution in [2.45, 2.75) is 51.6 Å². The fourth-order valence-corrected chi connectivity index (χ4v) is 3.58. The maximum absolute atomic E-state index is 12.7. The van der Waals surface area contributed by atoms with E-state index < -0.39 is 0 Å². The summed E-state index contributed by atoms with van der Waals surface area (Å²) >= 11 is 1.53. The van der Waals surface area contributed by atoms with Crippen LogP contribution in [0.1, 0.15) is 42.5 Å². The lowest BCUT2D eigenvalue weighted by atomic mass is 10.1. The highest BCUT2D eigenvalue weighted by atomic mass is 32.2. The smallest absolute Gasteiger partial charge is 0.175 e. The monoisotopic (exact) mass is 346 g/mol. The molecular formula is C19H26N2O2S. The summed E-state index contributed by atoms with van der Waals surface area (Å²) in [6, 6.07) is 7.27. The van der Waals surface area contributed by atoms with E-state index in [1.807, 2.05) is 38.1 Å². The first-order chi connectivity index (χ1) is 11.3. The molecule has 0 aliphatic rings. The molecule has 1 heterocycles. The number of ketones is 1. The molecule has 0 bridgehead atoms. The number of rotatable bonds is 7. The Balaban J connectivity index is 2.17. The van der Waals surface area contributed by atoms with Gasteiger partial charge in [-0.1, -0.05) is 25.6 Å². The Hall–Kier alpha value is -1.75. The van der Waals surface area contributed by atoms with Gasteiger partial charge in [0.2, 0.25) is 0 Å². The standard InChI is InChI=1S/C19H26N2O2S/c1-12(2)11-21-14(4)13(3)20-19(21)24-15(5)18(22)16-7-9-17(23-6)10-8-16/h7-10,12,15H,11H2,1-6H3. The van der Waals surface area contributed by atoms with Crippen molar-refractivity contribution >= 4 is 17.5 Å². The highest BCUT2D eigenvalue weighted by Gasteiger charge is 2.21. The highest BCUT2D eigenvalue weighted by molar-refractivity contribution is 8.00. The molecule has 0 fully saturated rings. The zero-order valence-corrected chi connectivity index (χ0v) is 16.1. The predicted molar refractivity (Wildman–Crippen MR) is 99.2 cm³/mol. The minimum absolute atomic E-state index is 0.108. The number of carbonyl (C=O) groups is 1. The number of hydrogen-bond acceptors (Lipinski definition) is 4. The largest absolute Gasteiger partial charge is 0.497 e. The number of thioether (sulfide) groups is 1. The molecule has 2 rings (SSSR count). The molecular weight excluding hydrogens is 320 g/mol. The number of Topliss-reactive ketones (excluding diaryl/α,β-unsaturated/α-hetero) is 1. The number of aromatic nitrogens is 2. The van der Waals surface area contributed by atoms with Crippen molar-refractivity contribution in [3.05, 3.63) is 41.2 Å². The van der Waals surface area contributed by atoms with Gasteiger partial charge in [-0.2, -0.15) is 0 Å². The first kappa shape index (κ1) is 18.6. The number of hydrogen-bond donors (Lipinski definition) is 0. The van der Waals surface area contributed by atoms with Crippen LogP contribution in [0.2, 0.25) is 0 Å². The Kier molecular flexibility index (Phi) is 6.10. The van der Waals surface area contributed by atoms with E-state index in [0.717, 1.165) is 23.1 Å². The Bertz CT molecular complexity index is 705. The van der Waals surface area contributed by atoms with Crippen LogP contribution in [-0.2, 0) is 6.54 Å². The molecule has 0 aliphatic heterocycles. The van der Waals surface area contributed by atoms with Gasteiger partial charge in [-0.15, -0.1) is 0 Å². The normalized spacial score (nSPS) is 12.5. The SMILES string of the molecule is COc1ccc(C(=O)C(C)Sc2nc(C)c(C)n2CC(C)C)cc1. The molecule has 1 unspecified atom stereocenters. The first-order valence-corrected chi connectivity index (χ1v) is 9.10. The molecule has 1 aromatic heterocycles. The van der Waals surface area contributed by atoms with E-state index >= 15 is 0 Å². The third kappa shape index (κ3) is 4.20. The van der Waals surface area contributed by atoms with Crippen molar-refractivity contribution in [2.75, 3.05) is 7.11 Å². The van der Waals surface area contributed by atoms with Gasteiger partial charge in [0.15, 0.2) is 10.9 Å². The van der Waals surface area contributed by atoms with E-state index in [-0.39, 0.29) is 11.0 Å². The van der Waals surface area contributed by atoms with Crippen LogP contribution in [0, 0.1) is 19.8 Å². The molecule has 0 saturated heterocycles. The van der Waals surface area contributed by atoms with Gasteiger partial charge in [0.25, 0.3) is 0 Å². The van der Waals surface area contributed by atoms with E-state index in [0.29, 0.717) is 11.5 Å². The molecule has 2 aromatic rings. The molecule has 4 nitrogen and oxygen atoms in total. The number of methoxy groups -OCH3 is 1. The quantitative estimate of drug-likeness (QED) is 0.546. The van der Waals surface area contributed by atoms with E-state index in [9.17, 15) is 4.79 Å². The lowest BCUT2D eigenvalue weighted by Crippen LogP contribution is -2.15. The number of ether oxygens (including phenoxy) is 1. The van der Waals surface area contributed by atoms with E-state index in [2.05, 4.69) is 30.3 Å². The number of nitrogens with zero attached hydrogens (tertiary/aromatic N) is 2. The molecule has 130 valence electrons. The average molecular weight is 346 g/mol. The van der Waals surface area contributed by atoms with Crippen molar-refractivity contribution in [2.24, 2.45) is 5.92 Å². The fraction of sp³-hybridized carbons (Fsp3) is 0.474.